The highest BCUT2D eigenvalue weighted by Gasteiger charge is 2.28. The molecule has 0 radical (unpaired) electrons. The summed E-state index contributed by atoms with van der Waals surface area (Å²) in [5, 5.41) is 4.91. The molecule has 0 saturated heterocycles. The zero-order chi connectivity index (χ0) is 13.7. The minimum Gasteiger partial charge on any atom is -0.379 e. The molecule has 1 aromatic heterocycles. The van der Waals surface area contributed by atoms with Gasteiger partial charge in [0.2, 0.25) is 0 Å². The van der Waals surface area contributed by atoms with E-state index in [1.807, 2.05) is 4.68 Å². The van der Waals surface area contributed by atoms with Crippen molar-refractivity contribution in [2.24, 2.45) is 5.84 Å². The van der Waals surface area contributed by atoms with Crippen molar-refractivity contribution in [1.29, 1.82) is 0 Å². The summed E-state index contributed by atoms with van der Waals surface area (Å²) >= 11 is 6.23. The van der Waals surface area contributed by atoms with E-state index in [-0.39, 0.29) is 18.2 Å². The molecule has 0 amide bonds. The van der Waals surface area contributed by atoms with E-state index in [0.717, 1.165) is 18.5 Å². The Bertz CT molecular complexity index is 367. The average molecular weight is 275 g/mol. The number of hydrogen-bond donors (Lipinski definition) is 2. The van der Waals surface area contributed by atoms with Crippen molar-refractivity contribution >= 4 is 11.6 Å². The van der Waals surface area contributed by atoms with E-state index in [4.69, 9.17) is 22.2 Å². The number of ether oxygens (including phenoxy) is 1. The predicted molar refractivity (Wildman–Crippen MR) is 73.4 cm³/mol. The van der Waals surface area contributed by atoms with Crippen molar-refractivity contribution in [3.63, 3.8) is 0 Å². The first kappa shape index (κ1) is 15.4. The third-order valence-corrected chi connectivity index (χ3v) is 3.29. The molecule has 18 heavy (non-hydrogen) atoms. The van der Waals surface area contributed by atoms with Gasteiger partial charge in [-0.25, -0.2) is 5.43 Å². The first-order valence-electron chi connectivity index (χ1n) is 6.28. The van der Waals surface area contributed by atoms with Gasteiger partial charge in [0, 0.05) is 13.2 Å². The van der Waals surface area contributed by atoms with Gasteiger partial charge in [0.05, 0.1) is 29.1 Å². The molecule has 5 nitrogen and oxygen atoms in total. The number of nitrogens with two attached hydrogens (primary N) is 1. The van der Waals surface area contributed by atoms with Crippen molar-refractivity contribution in [2.45, 2.75) is 51.8 Å². The predicted octanol–water partition coefficient (Wildman–Crippen LogP) is 2.44. The molecule has 3 N–H and O–H groups in total. The Balaban J connectivity index is 3.10. The van der Waals surface area contributed by atoms with Crippen molar-refractivity contribution in [3.8, 4) is 0 Å². The molecule has 0 bridgehead atoms. The normalized spacial score (nSPS) is 15.1. The van der Waals surface area contributed by atoms with Crippen LogP contribution in [0.2, 0.25) is 5.02 Å². The van der Waals surface area contributed by atoms with Gasteiger partial charge in [-0.2, -0.15) is 5.10 Å². The second kappa shape index (κ2) is 7.09. The summed E-state index contributed by atoms with van der Waals surface area (Å²) in [6, 6.07) is 0.0647. The van der Waals surface area contributed by atoms with Gasteiger partial charge in [-0.05, 0) is 20.3 Å². The Hall–Kier alpha value is -0.620. The lowest BCUT2D eigenvalue weighted by Gasteiger charge is -2.27. The lowest BCUT2D eigenvalue weighted by atomic mass is 10.0. The van der Waals surface area contributed by atoms with E-state index in [1.54, 1.807) is 13.3 Å². The zero-order valence-corrected chi connectivity index (χ0v) is 12.2. The number of hydrazine groups is 1. The fourth-order valence-electron chi connectivity index (χ4n) is 2.12. The van der Waals surface area contributed by atoms with Gasteiger partial charge in [-0.3, -0.25) is 10.5 Å². The Morgan fingerprint density at radius 2 is 2.22 bits per heavy atom. The van der Waals surface area contributed by atoms with Crippen LogP contribution in [0.15, 0.2) is 6.20 Å². The summed E-state index contributed by atoms with van der Waals surface area (Å²) < 4.78 is 7.40. The molecule has 2 atom stereocenters. The maximum Gasteiger partial charge on any atom is 0.0905 e. The highest BCUT2D eigenvalue weighted by molar-refractivity contribution is 6.31. The molecule has 0 aliphatic carbocycles. The topological polar surface area (TPSA) is 65.1 Å². The molecule has 0 fully saturated rings. The van der Waals surface area contributed by atoms with Crippen LogP contribution < -0.4 is 11.3 Å². The third kappa shape index (κ3) is 3.23. The number of aromatic nitrogens is 2. The van der Waals surface area contributed by atoms with Crippen molar-refractivity contribution in [1.82, 2.24) is 15.2 Å². The quantitative estimate of drug-likeness (QED) is 0.592. The fraction of sp³-hybridized carbons (Fsp3) is 0.750. The van der Waals surface area contributed by atoms with Crippen LogP contribution in [0.3, 0.4) is 0 Å². The molecule has 0 aliphatic heterocycles. The van der Waals surface area contributed by atoms with E-state index in [9.17, 15) is 0 Å². The van der Waals surface area contributed by atoms with Crippen LogP contribution in [0.4, 0.5) is 0 Å². The van der Waals surface area contributed by atoms with Gasteiger partial charge >= 0.3 is 0 Å². The molecule has 6 heteroatoms. The lowest BCUT2D eigenvalue weighted by Crippen LogP contribution is -2.39. The smallest absolute Gasteiger partial charge is 0.0905 e. The molecule has 104 valence electrons. The average Bonchev–Trinajstić information content (AvgIpc) is 2.71. The molecule has 0 aliphatic rings. The summed E-state index contributed by atoms with van der Waals surface area (Å²) in [6.07, 6.45) is 3.56. The zero-order valence-electron chi connectivity index (χ0n) is 11.5. The number of rotatable bonds is 7. The maximum absolute atomic E-state index is 6.23. The van der Waals surface area contributed by atoms with E-state index in [2.05, 4.69) is 31.3 Å². The summed E-state index contributed by atoms with van der Waals surface area (Å²) in [5.74, 6) is 5.68. The standard InChI is InChI=1S/C12H23ClN4O/c1-5-6-10(18-4)11(16-14)12-9(13)7-15-17(12)8(2)3/h7-8,10-11,16H,5-6,14H2,1-4H3. The Kier molecular flexibility index (Phi) is 6.08. The molecule has 1 rings (SSSR count). The molecule has 1 aromatic rings. The summed E-state index contributed by atoms with van der Waals surface area (Å²) in [5.41, 5.74) is 3.69. The molecular weight excluding hydrogens is 252 g/mol. The number of nitrogens with zero attached hydrogens (tertiary/aromatic N) is 2. The molecule has 0 aromatic carbocycles. The number of methoxy groups -OCH3 is 1. The lowest BCUT2D eigenvalue weighted by molar-refractivity contribution is 0.0574. The van der Waals surface area contributed by atoms with E-state index in [0.29, 0.717) is 5.02 Å². The number of halogens is 1. The van der Waals surface area contributed by atoms with Crippen LogP contribution in [0.5, 0.6) is 0 Å². The maximum atomic E-state index is 6.23. The third-order valence-electron chi connectivity index (χ3n) is 3.00. The Labute approximate surface area is 114 Å². The molecular formula is C12H23ClN4O. The van der Waals surface area contributed by atoms with Gasteiger partial charge in [-0.1, -0.05) is 24.9 Å². The van der Waals surface area contributed by atoms with E-state index < -0.39 is 0 Å². The Morgan fingerprint density at radius 3 is 2.67 bits per heavy atom. The first-order chi connectivity index (χ1) is 8.56. The Morgan fingerprint density at radius 1 is 1.56 bits per heavy atom. The molecule has 1 heterocycles. The van der Waals surface area contributed by atoms with Crippen molar-refractivity contribution in [3.05, 3.63) is 16.9 Å². The first-order valence-corrected chi connectivity index (χ1v) is 6.66. The SMILES string of the molecule is CCCC(OC)C(NN)c1c(Cl)cnn1C(C)C. The number of nitrogens with one attached hydrogen (secondary N) is 1. The van der Waals surface area contributed by atoms with Crippen molar-refractivity contribution in [2.75, 3.05) is 7.11 Å². The summed E-state index contributed by atoms with van der Waals surface area (Å²) in [6.45, 7) is 6.23. The van der Waals surface area contributed by atoms with Gasteiger partial charge in [0.15, 0.2) is 0 Å². The largest absolute Gasteiger partial charge is 0.379 e. The second-order valence-corrected chi connectivity index (χ2v) is 5.03. The monoisotopic (exact) mass is 274 g/mol. The molecule has 0 spiro atoms. The van der Waals surface area contributed by atoms with Crippen molar-refractivity contribution < 1.29 is 4.74 Å². The fourth-order valence-corrected chi connectivity index (χ4v) is 2.37. The highest BCUT2D eigenvalue weighted by Crippen LogP contribution is 2.29. The van der Waals surface area contributed by atoms with Gasteiger partial charge in [0.1, 0.15) is 0 Å². The van der Waals surface area contributed by atoms with Gasteiger partial charge in [0.25, 0.3) is 0 Å². The van der Waals surface area contributed by atoms with Crippen LogP contribution in [-0.2, 0) is 4.74 Å². The van der Waals surface area contributed by atoms with Crippen LogP contribution >= 0.6 is 11.6 Å². The van der Waals surface area contributed by atoms with Gasteiger partial charge < -0.3 is 4.74 Å². The van der Waals surface area contributed by atoms with Crippen LogP contribution in [0, 0.1) is 0 Å². The molecule has 0 saturated carbocycles. The van der Waals surface area contributed by atoms with Gasteiger partial charge in [-0.15, -0.1) is 0 Å². The van der Waals surface area contributed by atoms with E-state index in [1.165, 1.54) is 0 Å². The van der Waals surface area contributed by atoms with Crippen LogP contribution in [0.25, 0.3) is 0 Å². The highest BCUT2D eigenvalue weighted by atomic mass is 35.5. The summed E-state index contributed by atoms with van der Waals surface area (Å²) in [7, 11) is 1.69. The van der Waals surface area contributed by atoms with Crippen LogP contribution in [-0.4, -0.2) is 23.0 Å². The van der Waals surface area contributed by atoms with Crippen LogP contribution in [0.1, 0.15) is 51.4 Å². The summed E-state index contributed by atoms with van der Waals surface area (Å²) in [4.78, 5) is 0. The minimum atomic E-state index is -0.160. The molecule has 2 unspecified atom stereocenters. The minimum absolute atomic E-state index is 0.0216. The second-order valence-electron chi connectivity index (χ2n) is 4.62. The van der Waals surface area contributed by atoms with E-state index >= 15 is 0 Å². The number of hydrogen-bond acceptors (Lipinski definition) is 4.